The third-order valence-electron chi connectivity index (χ3n) is 2.32. The van der Waals surface area contributed by atoms with Gasteiger partial charge in [0.05, 0.1) is 0 Å². The molecule has 1 N–H and O–H groups in total. The summed E-state index contributed by atoms with van der Waals surface area (Å²) in [6.45, 7) is 8.36. The molecule has 0 aliphatic rings. The van der Waals surface area contributed by atoms with Crippen molar-refractivity contribution in [3.63, 3.8) is 0 Å². The number of hydrogen-bond acceptors (Lipinski definition) is 1. The van der Waals surface area contributed by atoms with Crippen molar-refractivity contribution < 1.29 is 4.79 Å². The summed E-state index contributed by atoms with van der Waals surface area (Å²) in [6.07, 6.45) is 2.69. The van der Waals surface area contributed by atoms with Gasteiger partial charge in [-0.1, -0.05) is 43.1 Å². The fourth-order valence-corrected chi connectivity index (χ4v) is 1.90. The number of carbonyl (C=O) groups excluding carboxylic acids is 1. The highest BCUT2D eigenvalue weighted by Gasteiger charge is 2.11. The number of halogens is 1. The van der Waals surface area contributed by atoms with Crippen LogP contribution in [0.3, 0.4) is 0 Å². The molecule has 0 bridgehead atoms. The molecule has 0 aliphatic carbocycles. The van der Waals surface area contributed by atoms with Crippen LogP contribution in [-0.2, 0) is 4.79 Å². The summed E-state index contributed by atoms with van der Waals surface area (Å²) < 4.78 is 0. The third kappa shape index (κ3) is 7.36. The molecular weight excluding hydrogens is 242 g/mol. The van der Waals surface area contributed by atoms with Crippen LogP contribution >= 0.6 is 15.9 Å². The molecule has 2 nitrogen and oxygen atoms in total. The lowest BCUT2D eigenvalue weighted by Gasteiger charge is -2.16. The molecule has 0 fully saturated rings. The lowest BCUT2D eigenvalue weighted by Crippen LogP contribution is -2.34. The summed E-state index contributed by atoms with van der Waals surface area (Å²) in [6, 6.07) is 0.265. The first kappa shape index (κ1) is 13.9. The Morgan fingerprint density at radius 1 is 1.36 bits per heavy atom. The summed E-state index contributed by atoms with van der Waals surface area (Å²) in [5, 5.41) is 3.01. The molecule has 0 spiro atoms. The van der Waals surface area contributed by atoms with Crippen LogP contribution in [0.1, 0.15) is 47.0 Å². The van der Waals surface area contributed by atoms with Gasteiger partial charge in [-0.05, 0) is 19.3 Å². The predicted octanol–water partition coefficient (Wildman–Crippen LogP) is 3.10. The zero-order valence-electron chi connectivity index (χ0n) is 9.64. The van der Waals surface area contributed by atoms with Gasteiger partial charge in [-0.15, -0.1) is 0 Å². The van der Waals surface area contributed by atoms with Gasteiger partial charge in [0.2, 0.25) is 5.91 Å². The van der Waals surface area contributed by atoms with Crippen molar-refractivity contribution in [2.45, 2.75) is 57.8 Å². The van der Waals surface area contributed by atoms with E-state index in [-0.39, 0.29) is 11.9 Å². The highest BCUT2D eigenvalue weighted by molar-refractivity contribution is 9.09. The van der Waals surface area contributed by atoms with E-state index in [1.165, 1.54) is 0 Å². The maximum atomic E-state index is 11.5. The summed E-state index contributed by atoms with van der Waals surface area (Å²) in [5.41, 5.74) is 0. The Labute approximate surface area is 96.0 Å². The zero-order valence-corrected chi connectivity index (χ0v) is 11.2. The largest absolute Gasteiger partial charge is 0.354 e. The van der Waals surface area contributed by atoms with E-state index in [1.54, 1.807) is 0 Å². The second-order valence-electron chi connectivity index (χ2n) is 4.20. The molecule has 0 saturated heterocycles. The number of amides is 1. The predicted molar refractivity (Wildman–Crippen MR) is 64.7 cm³/mol. The van der Waals surface area contributed by atoms with Gasteiger partial charge in [-0.25, -0.2) is 0 Å². The van der Waals surface area contributed by atoms with Crippen LogP contribution in [0.15, 0.2) is 0 Å². The van der Waals surface area contributed by atoms with Crippen LogP contribution in [0.2, 0.25) is 0 Å². The lowest BCUT2D eigenvalue weighted by molar-refractivity contribution is -0.122. The maximum Gasteiger partial charge on any atom is 0.220 e. The number of rotatable bonds is 6. The molecule has 0 rings (SSSR count). The molecule has 0 aromatic rings. The quantitative estimate of drug-likeness (QED) is 0.734. The molecule has 84 valence electrons. The first-order chi connectivity index (χ1) is 6.45. The lowest BCUT2D eigenvalue weighted by atomic mass is 10.0. The van der Waals surface area contributed by atoms with E-state index in [0.717, 1.165) is 12.8 Å². The molecule has 0 saturated carbocycles. The summed E-state index contributed by atoms with van der Waals surface area (Å²) in [4.78, 5) is 11.9. The van der Waals surface area contributed by atoms with Crippen molar-refractivity contribution in [3.8, 4) is 0 Å². The number of hydrogen-bond donors (Lipinski definition) is 1. The first-order valence-electron chi connectivity index (χ1n) is 5.39. The normalized spacial score (nSPS) is 17.2. The van der Waals surface area contributed by atoms with E-state index in [0.29, 0.717) is 17.2 Å². The zero-order chi connectivity index (χ0) is 11.1. The first-order valence-corrected chi connectivity index (χ1v) is 6.30. The van der Waals surface area contributed by atoms with E-state index in [4.69, 9.17) is 0 Å². The summed E-state index contributed by atoms with van der Waals surface area (Å²) in [7, 11) is 0. The van der Waals surface area contributed by atoms with Crippen LogP contribution in [0, 0.1) is 5.92 Å². The highest BCUT2D eigenvalue weighted by atomic mass is 79.9. The van der Waals surface area contributed by atoms with Crippen molar-refractivity contribution in [1.82, 2.24) is 5.32 Å². The SMILES string of the molecule is CCC(C)CC(=O)NC(C)CC(C)Br. The number of carbonyl (C=O) groups is 1. The second kappa shape index (κ2) is 7.27. The molecule has 0 aromatic carbocycles. The Bertz CT molecular complexity index is 171. The van der Waals surface area contributed by atoms with Crippen molar-refractivity contribution in [3.05, 3.63) is 0 Å². The van der Waals surface area contributed by atoms with E-state index in [1.807, 2.05) is 6.92 Å². The fraction of sp³-hybridized carbons (Fsp3) is 0.909. The molecule has 3 atom stereocenters. The van der Waals surface area contributed by atoms with Crippen molar-refractivity contribution in [2.24, 2.45) is 5.92 Å². The smallest absolute Gasteiger partial charge is 0.220 e. The highest BCUT2D eigenvalue weighted by Crippen LogP contribution is 2.09. The molecule has 1 amide bonds. The van der Waals surface area contributed by atoms with Gasteiger partial charge in [-0.3, -0.25) is 4.79 Å². The minimum Gasteiger partial charge on any atom is -0.354 e. The molecule has 14 heavy (non-hydrogen) atoms. The molecule has 3 heteroatoms. The Morgan fingerprint density at radius 2 is 1.93 bits per heavy atom. The molecular formula is C11H22BrNO. The topological polar surface area (TPSA) is 29.1 Å². The molecule has 0 radical (unpaired) electrons. The van der Waals surface area contributed by atoms with E-state index in [2.05, 4.69) is 42.0 Å². The summed E-state index contributed by atoms with van der Waals surface area (Å²) in [5.74, 6) is 0.670. The van der Waals surface area contributed by atoms with Gasteiger partial charge in [0, 0.05) is 17.3 Å². The molecule has 0 heterocycles. The molecule has 0 aliphatic heterocycles. The monoisotopic (exact) mass is 263 g/mol. The molecule has 3 unspecified atom stereocenters. The Kier molecular flexibility index (Phi) is 7.24. The average molecular weight is 264 g/mol. The number of alkyl halides is 1. The standard InChI is InChI=1S/C11H22BrNO/c1-5-8(2)6-11(14)13-10(4)7-9(3)12/h8-10H,5-7H2,1-4H3,(H,13,14). The second-order valence-corrected chi connectivity index (χ2v) is 5.77. The van der Waals surface area contributed by atoms with Gasteiger partial charge in [-0.2, -0.15) is 0 Å². The maximum absolute atomic E-state index is 11.5. The van der Waals surface area contributed by atoms with Crippen LogP contribution in [0.5, 0.6) is 0 Å². The van der Waals surface area contributed by atoms with Gasteiger partial charge in [0.25, 0.3) is 0 Å². The van der Waals surface area contributed by atoms with Crippen LogP contribution in [-0.4, -0.2) is 16.8 Å². The van der Waals surface area contributed by atoms with Crippen molar-refractivity contribution in [2.75, 3.05) is 0 Å². The molecule has 0 aromatic heterocycles. The minimum absolute atomic E-state index is 0.181. The van der Waals surface area contributed by atoms with Crippen molar-refractivity contribution >= 4 is 21.8 Å². The Hall–Kier alpha value is -0.0500. The van der Waals surface area contributed by atoms with E-state index in [9.17, 15) is 4.79 Å². The van der Waals surface area contributed by atoms with Crippen LogP contribution < -0.4 is 5.32 Å². The van der Waals surface area contributed by atoms with Crippen molar-refractivity contribution in [1.29, 1.82) is 0 Å². The fourth-order valence-electron chi connectivity index (χ4n) is 1.34. The summed E-state index contributed by atoms with van der Waals surface area (Å²) >= 11 is 3.48. The van der Waals surface area contributed by atoms with E-state index < -0.39 is 0 Å². The average Bonchev–Trinajstić information content (AvgIpc) is 2.01. The third-order valence-corrected chi connectivity index (χ3v) is 2.69. The Morgan fingerprint density at radius 3 is 2.36 bits per heavy atom. The van der Waals surface area contributed by atoms with Crippen LogP contribution in [0.25, 0.3) is 0 Å². The van der Waals surface area contributed by atoms with E-state index >= 15 is 0 Å². The van der Waals surface area contributed by atoms with Gasteiger partial charge in [0.15, 0.2) is 0 Å². The minimum atomic E-state index is 0.181. The Balaban J connectivity index is 3.71. The van der Waals surface area contributed by atoms with Gasteiger partial charge in [0.1, 0.15) is 0 Å². The number of nitrogens with one attached hydrogen (secondary N) is 1. The van der Waals surface area contributed by atoms with Gasteiger partial charge >= 0.3 is 0 Å². The van der Waals surface area contributed by atoms with Crippen LogP contribution in [0.4, 0.5) is 0 Å². The van der Waals surface area contributed by atoms with Gasteiger partial charge < -0.3 is 5.32 Å².